The number of ether oxygens (including phenoxy) is 1. The average molecular weight is 385 g/mol. The Morgan fingerprint density at radius 3 is 2.92 bits per heavy atom. The Kier molecular flexibility index (Phi) is 7.75. The maximum atomic E-state index is 12.5. The molecule has 25 heavy (non-hydrogen) atoms. The van der Waals surface area contributed by atoms with Crippen molar-refractivity contribution < 1.29 is 14.3 Å². The van der Waals surface area contributed by atoms with Gasteiger partial charge in [-0.1, -0.05) is 38.5 Å². The predicted molar refractivity (Wildman–Crippen MR) is 102 cm³/mol. The number of carbonyl (C=O) groups is 2. The van der Waals surface area contributed by atoms with Crippen LogP contribution in [0.25, 0.3) is 0 Å². The maximum Gasteiger partial charge on any atom is 0.311 e. The minimum Gasteiger partial charge on any atom is -0.466 e. The van der Waals surface area contributed by atoms with Crippen molar-refractivity contribution >= 4 is 35.0 Å². The summed E-state index contributed by atoms with van der Waals surface area (Å²) in [5.41, 5.74) is 0.702. The molecule has 1 heterocycles. The number of nitrogens with zero attached hydrogens (tertiary/aromatic N) is 1. The standard InChI is InChI=1S/C18H28N2O3S2/c1-5-23-16(21)9-14-10-24-18(19-14)25-13(4)17(22)20-15-8-6-7-11(2)12(15)3/h10-13,15H,5-9H2,1-4H3,(H,20,22). The molecule has 1 saturated carbocycles. The van der Waals surface area contributed by atoms with Gasteiger partial charge in [-0.2, -0.15) is 0 Å². The van der Waals surface area contributed by atoms with Crippen LogP contribution in [0.3, 0.4) is 0 Å². The van der Waals surface area contributed by atoms with Gasteiger partial charge in [0.05, 0.1) is 24.0 Å². The molecule has 0 aromatic carbocycles. The number of nitrogens with one attached hydrogen (secondary N) is 1. The monoisotopic (exact) mass is 384 g/mol. The normalized spacial score (nSPS) is 24.6. The van der Waals surface area contributed by atoms with E-state index in [1.54, 1.807) is 6.92 Å². The van der Waals surface area contributed by atoms with Gasteiger partial charge in [0.25, 0.3) is 0 Å². The first kappa shape index (κ1) is 20.2. The van der Waals surface area contributed by atoms with Crippen LogP contribution in [0.15, 0.2) is 9.72 Å². The Morgan fingerprint density at radius 2 is 2.20 bits per heavy atom. The Hall–Kier alpha value is -1.08. The third-order valence-corrected chi connectivity index (χ3v) is 6.96. The van der Waals surface area contributed by atoms with Gasteiger partial charge in [0.2, 0.25) is 5.91 Å². The summed E-state index contributed by atoms with van der Waals surface area (Å²) in [6, 6.07) is 0.273. The second-order valence-corrected chi connectivity index (χ2v) is 9.18. The summed E-state index contributed by atoms with van der Waals surface area (Å²) in [4.78, 5) is 28.4. The first-order valence-corrected chi connectivity index (χ1v) is 10.7. The molecule has 7 heteroatoms. The molecule has 4 unspecified atom stereocenters. The van der Waals surface area contributed by atoms with E-state index >= 15 is 0 Å². The van der Waals surface area contributed by atoms with Crippen LogP contribution in [-0.2, 0) is 20.7 Å². The number of carbonyl (C=O) groups excluding carboxylic acids is 2. The number of rotatable bonds is 7. The summed E-state index contributed by atoms with van der Waals surface area (Å²) in [7, 11) is 0. The molecule has 0 spiro atoms. The van der Waals surface area contributed by atoms with E-state index in [9.17, 15) is 9.59 Å². The van der Waals surface area contributed by atoms with Crippen LogP contribution in [0.5, 0.6) is 0 Å². The van der Waals surface area contributed by atoms with Gasteiger partial charge in [-0.25, -0.2) is 4.98 Å². The molecule has 0 radical (unpaired) electrons. The van der Waals surface area contributed by atoms with Crippen molar-refractivity contribution in [2.75, 3.05) is 6.61 Å². The second kappa shape index (κ2) is 9.57. The van der Waals surface area contributed by atoms with Crippen molar-refractivity contribution in [2.24, 2.45) is 11.8 Å². The molecule has 0 saturated heterocycles. The van der Waals surface area contributed by atoms with Crippen LogP contribution in [0.1, 0.15) is 52.7 Å². The number of esters is 1. The van der Waals surface area contributed by atoms with E-state index in [-0.39, 0.29) is 29.6 Å². The molecule has 1 N–H and O–H groups in total. The number of thioether (sulfide) groups is 1. The van der Waals surface area contributed by atoms with Gasteiger partial charge in [-0.3, -0.25) is 9.59 Å². The molecular weight excluding hydrogens is 356 g/mol. The average Bonchev–Trinajstić information content (AvgIpc) is 2.98. The Morgan fingerprint density at radius 1 is 1.44 bits per heavy atom. The summed E-state index contributed by atoms with van der Waals surface area (Å²) < 4.78 is 5.74. The number of amides is 1. The largest absolute Gasteiger partial charge is 0.466 e. The third-order valence-electron chi connectivity index (χ3n) is 4.84. The van der Waals surface area contributed by atoms with Crippen LogP contribution < -0.4 is 5.32 Å². The summed E-state index contributed by atoms with van der Waals surface area (Å²) in [6.45, 7) is 8.56. The lowest BCUT2D eigenvalue weighted by Gasteiger charge is -2.35. The van der Waals surface area contributed by atoms with E-state index < -0.39 is 0 Å². The molecular formula is C18H28N2O3S2. The molecule has 1 amide bonds. The quantitative estimate of drug-likeness (QED) is 0.574. The van der Waals surface area contributed by atoms with Gasteiger partial charge in [-0.05, 0) is 32.1 Å². The van der Waals surface area contributed by atoms with Crippen molar-refractivity contribution in [2.45, 2.75) is 69.0 Å². The van der Waals surface area contributed by atoms with Crippen molar-refractivity contribution in [3.63, 3.8) is 0 Å². The third kappa shape index (κ3) is 5.99. The summed E-state index contributed by atoms with van der Waals surface area (Å²) in [5, 5.41) is 4.87. The fourth-order valence-corrected chi connectivity index (χ4v) is 5.06. The van der Waals surface area contributed by atoms with Crippen LogP contribution in [-0.4, -0.2) is 34.8 Å². The smallest absolute Gasteiger partial charge is 0.311 e. The predicted octanol–water partition coefficient (Wildman–Crippen LogP) is 3.67. The van der Waals surface area contributed by atoms with E-state index in [1.165, 1.54) is 35.9 Å². The van der Waals surface area contributed by atoms with Crippen LogP contribution in [0, 0.1) is 11.8 Å². The fraction of sp³-hybridized carbons (Fsp3) is 0.722. The molecule has 1 aliphatic carbocycles. The first-order chi connectivity index (χ1) is 11.9. The Labute approximate surface area is 158 Å². The highest BCUT2D eigenvalue weighted by molar-refractivity contribution is 8.02. The van der Waals surface area contributed by atoms with Gasteiger partial charge in [0.1, 0.15) is 0 Å². The van der Waals surface area contributed by atoms with Gasteiger partial charge in [0.15, 0.2) is 4.34 Å². The molecule has 1 fully saturated rings. The molecule has 1 aromatic rings. The highest BCUT2D eigenvalue weighted by atomic mass is 32.2. The summed E-state index contributed by atoms with van der Waals surface area (Å²) in [6.07, 6.45) is 3.68. The number of thiazole rings is 1. The molecule has 0 bridgehead atoms. The number of hydrogen-bond donors (Lipinski definition) is 1. The lowest BCUT2D eigenvalue weighted by Crippen LogP contribution is -2.46. The second-order valence-electron chi connectivity index (χ2n) is 6.73. The van der Waals surface area contributed by atoms with E-state index in [4.69, 9.17) is 4.74 Å². The van der Waals surface area contributed by atoms with E-state index in [0.29, 0.717) is 24.1 Å². The van der Waals surface area contributed by atoms with Crippen LogP contribution in [0.4, 0.5) is 0 Å². The molecule has 4 atom stereocenters. The Bertz CT molecular complexity index is 591. The molecule has 0 aliphatic heterocycles. The van der Waals surface area contributed by atoms with Crippen molar-refractivity contribution in [1.29, 1.82) is 0 Å². The van der Waals surface area contributed by atoms with Gasteiger partial charge in [0, 0.05) is 11.4 Å². The van der Waals surface area contributed by atoms with E-state index in [1.807, 2.05) is 12.3 Å². The maximum absolute atomic E-state index is 12.5. The van der Waals surface area contributed by atoms with Crippen molar-refractivity contribution in [3.05, 3.63) is 11.1 Å². The molecule has 1 aliphatic rings. The molecule has 1 aromatic heterocycles. The zero-order chi connectivity index (χ0) is 18.4. The number of aromatic nitrogens is 1. The minimum absolute atomic E-state index is 0.0677. The van der Waals surface area contributed by atoms with E-state index in [0.717, 1.165) is 10.8 Å². The SMILES string of the molecule is CCOC(=O)Cc1csc(SC(C)C(=O)NC2CCCC(C)C2C)n1. The zero-order valence-electron chi connectivity index (χ0n) is 15.4. The summed E-state index contributed by atoms with van der Waals surface area (Å²) in [5.74, 6) is 0.978. The lowest BCUT2D eigenvalue weighted by atomic mass is 9.78. The molecule has 140 valence electrons. The lowest BCUT2D eigenvalue weighted by molar-refractivity contribution is -0.142. The highest BCUT2D eigenvalue weighted by Crippen LogP contribution is 2.31. The zero-order valence-corrected chi connectivity index (χ0v) is 17.0. The minimum atomic E-state index is -0.268. The Balaban J connectivity index is 1.84. The van der Waals surface area contributed by atoms with Crippen molar-refractivity contribution in [1.82, 2.24) is 10.3 Å². The van der Waals surface area contributed by atoms with Gasteiger partial charge < -0.3 is 10.1 Å². The fourth-order valence-electron chi connectivity index (χ4n) is 3.07. The summed E-state index contributed by atoms with van der Waals surface area (Å²) >= 11 is 2.91. The number of hydrogen-bond acceptors (Lipinski definition) is 6. The molecule has 5 nitrogen and oxygen atoms in total. The molecule has 2 rings (SSSR count). The van der Waals surface area contributed by atoms with Crippen molar-refractivity contribution in [3.8, 4) is 0 Å². The van der Waals surface area contributed by atoms with E-state index in [2.05, 4.69) is 24.1 Å². The van der Waals surface area contributed by atoms with Crippen LogP contribution >= 0.6 is 23.1 Å². The van der Waals surface area contributed by atoms with Gasteiger partial charge >= 0.3 is 5.97 Å². The highest BCUT2D eigenvalue weighted by Gasteiger charge is 2.29. The first-order valence-electron chi connectivity index (χ1n) is 8.97. The topological polar surface area (TPSA) is 68.3 Å². The van der Waals surface area contributed by atoms with Crippen LogP contribution in [0.2, 0.25) is 0 Å². The van der Waals surface area contributed by atoms with Gasteiger partial charge in [-0.15, -0.1) is 11.3 Å².